The number of halogens is 1. The summed E-state index contributed by atoms with van der Waals surface area (Å²) in [4.78, 5) is 2.06. The number of aliphatic hydroxyl groups excluding tert-OH is 1. The third-order valence-electron chi connectivity index (χ3n) is 3.19. The number of benzene rings is 1. The van der Waals surface area contributed by atoms with E-state index in [1.807, 2.05) is 25.1 Å². The molecule has 1 N–H and O–H groups in total. The van der Waals surface area contributed by atoms with Gasteiger partial charge in [0.15, 0.2) is 0 Å². The smallest absolute Gasteiger partial charge is 0.123 e. The van der Waals surface area contributed by atoms with Crippen LogP contribution in [0.5, 0.6) is 0 Å². The summed E-state index contributed by atoms with van der Waals surface area (Å²) in [5.74, 6) is 0.598. The van der Waals surface area contributed by atoms with Gasteiger partial charge >= 0.3 is 0 Å². The lowest BCUT2D eigenvalue weighted by Crippen LogP contribution is -2.31. The first-order chi connectivity index (χ1) is 9.67. The predicted octanol–water partition coefficient (Wildman–Crippen LogP) is 3.19. The Kier molecular flexibility index (Phi) is 5.32. The Morgan fingerprint density at radius 1 is 1.25 bits per heavy atom. The van der Waals surface area contributed by atoms with E-state index in [0.29, 0.717) is 26.1 Å². The summed E-state index contributed by atoms with van der Waals surface area (Å²) in [5, 5.41) is 9.84. The summed E-state index contributed by atoms with van der Waals surface area (Å²) in [5.41, 5.74) is 0.889. The molecule has 3 nitrogen and oxygen atoms in total. The SMILES string of the molecule is CCC(O)CN(Cc1cccc(F)c1)Cc1ccco1. The topological polar surface area (TPSA) is 36.6 Å². The molecule has 0 aliphatic carbocycles. The van der Waals surface area contributed by atoms with Gasteiger partial charge in [-0.2, -0.15) is 0 Å². The average Bonchev–Trinajstić information content (AvgIpc) is 2.91. The predicted molar refractivity (Wildman–Crippen MR) is 75.5 cm³/mol. The Labute approximate surface area is 118 Å². The van der Waals surface area contributed by atoms with Gasteiger partial charge in [-0.05, 0) is 36.2 Å². The zero-order valence-electron chi connectivity index (χ0n) is 11.6. The number of rotatable bonds is 7. The van der Waals surface area contributed by atoms with Gasteiger partial charge in [0.2, 0.25) is 0 Å². The molecular formula is C16H20FNO2. The van der Waals surface area contributed by atoms with Crippen LogP contribution >= 0.6 is 0 Å². The molecule has 20 heavy (non-hydrogen) atoms. The first kappa shape index (κ1) is 14.8. The molecule has 4 heteroatoms. The molecule has 0 aliphatic heterocycles. The van der Waals surface area contributed by atoms with Crippen LogP contribution in [0.1, 0.15) is 24.7 Å². The molecule has 0 saturated carbocycles. The van der Waals surface area contributed by atoms with Crippen molar-refractivity contribution in [3.63, 3.8) is 0 Å². The molecule has 2 rings (SSSR count). The van der Waals surface area contributed by atoms with Gasteiger partial charge in [0.05, 0.1) is 18.9 Å². The molecule has 1 aromatic heterocycles. The van der Waals surface area contributed by atoms with Crippen molar-refractivity contribution in [1.29, 1.82) is 0 Å². The second-order valence-electron chi connectivity index (χ2n) is 4.94. The maximum atomic E-state index is 13.2. The van der Waals surface area contributed by atoms with Gasteiger partial charge in [-0.3, -0.25) is 4.90 Å². The molecular weight excluding hydrogens is 257 g/mol. The van der Waals surface area contributed by atoms with Crippen LogP contribution in [0, 0.1) is 5.82 Å². The van der Waals surface area contributed by atoms with Gasteiger partial charge in [-0.15, -0.1) is 0 Å². The van der Waals surface area contributed by atoms with Crippen molar-refractivity contribution in [1.82, 2.24) is 4.90 Å². The number of nitrogens with zero attached hydrogens (tertiary/aromatic N) is 1. The fraction of sp³-hybridized carbons (Fsp3) is 0.375. The van der Waals surface area contributed by atoms with Gasteiger partial charge in [-0.1, -0.05) is 19.1 Å². The molecule has 1 heterocycles. The van der Waals surface area contributed by atoms with Crippen LogP contribution in [0.3, 0.4) is 0 Å². The standard InChI is InChI=1S/C16H20FNO2/c1-2-15(19)11-18(12-16-7-4-8-20-16)10-13-5-3-6-14(17)9-13/h3-9,15,19H,2,10-12H2,1H3. The molecule has 0 amide bonds. The van der Waals surface area contributed by atoms with E-state index in [2.05, 4.69) is 4.90 Å². The van der Waals surface area contributed by atoms with Crippen LogP contribution in [0.25, 0.3) is 0 Å². The normalized spacial score (nSPS) is 12.8. The van der Waals surface area contributed by atoms with E-state index in [9.17, 15) is 9.50 Å². The fourth-order valence-electron chi connectivity index (χ4n) is 2.13. The van der Waals surface area contributed by atoms with Crippen molar-refractivity contribution in [2.45, 2.75) is 32.5 Å². The maximum absolute atomic E-state index is 13.2. The molecule has 1 aromatic carbocycles. The van der Waals surface area contributed by atoms with Crippen LogP contribution < -0.4 is 0 Å². The van der Waals surface area contributed by atoms with Gasteiger partial charge in [0, 0.05) is 13.1 Å². The maximum Gasteiger partial charge on any atom is 0.123 e. The molecule has 0 aliphatic rings. The largest absolute Gasteiger partial charge is 0.468 e. The highest BCUT2D eigenvalue weighted by Gasteiger charge is 2.13. The number of hydrogen-bond acceptors (Lipinski definition) is 3. The monoisotopic (exact) mass is 277 g/mol. The van der Waals surface area contributed by atoms with Crippen molar-refractivity contribution in [3.8, 4) is 0 Å². The zero-order valence-corrected chi connectivity index (χ0v) is 11.6. The van der Waals surface area contributed by atoms with E-state index in [1.165, 1.54) is 12.1 Å². The molecule has 0 fully saturated rings. The Morgan fingerprint density at radius 2 is 2.10 bits per heavy atom. The summed E-state index contributed by atoms with van der Waals surface area (Å²) >= 11 is 0. The van der Waals surface area contributed by atoms with Crippen LogP contribution in [0.2, 0.25) is 0 Å². The highest BCUT2D eigenvalue weighted by molar-refractivity contribution is 5.16. The van der Waals surface area contributed by atoms with Crippen molar-refractivity contribution in [3.05, 3.63) is 59.8 Å². The van der Waals surface area contributed by atoms with E-state index in [1.54, 1.807) is 12.3 Å². The summed E-state index contributed by atoms with van der Waals surface area (Å²) in [6.07, 6.45) is 1.93. The molecule has 0 bridgehead atoms. The van der Waals surface area contributed by atoms with E-state index in [0.717, 1.165) is 11.3 Å². The van der Waals surface area contributed by atoms with Crippen molar-refractivity contribution >= 4 is 0 Å². The number of furan rings is 1. The van der Waals surface area contributed by atoms with Crippen molar-refractivity contribution in [2.75, 3.05) is 6.54 Å². The zero-order chi connectivity index (χ0) is 14.4. The quantitative estimate of drug-likeness (QED) is 0.844. The minimum atomic E-state index is -0.390. The van der Waals surface area contributed by atoms with E-state index in [4.69, 9.17) is 4.42 Å². The Balaban J connectivity index is 2.05. The summed E-state index contributed by atoms with van der Waals surface area (Å²) < 4.78 is 18.6. The van der Waals surface area contributed by atoms with Gasteiger partial charge < -0.3 is 9.52 Å². The summed E-state index contributed by atoms with van der Waals surface area (Å²) in [7, 11) is 0. The van der Waals surface area contributed by atoms with E-state index < -0.39 is 6.10 Å². The lowest BCUT2D eigenvalue weighted by molar-refractivity contribution is 0.0973. The summed E-state index contributed by atoms with van der Waals surface area (Å²) in [6.45, 7) is 3.65. The third-order valence-corrected chi connectivity index (χ3v) is 3.19. The summed E-state index contributed by atoms with van der Waals surface area (Å²) in [6, 6.07) is 10.3. The second kappa shape index (κ2) is 7.22. The van der Waals surface area contributed by atoms with Crippen LogP contribution in [0.4, 0.5) is 4.39 Å². The third kappa shape index (κ3) is 4.47. The first-order valence-electron chi connectivity index (χ1n) is 6.84. The van der Waals surface area contributed by atoms with Crippen LogP contribution in [0.15, 0.2) is 47.1 Å². The van der Waals surface area contributed by atoms with Gasteiger partial charge in [0.1, 0.15) is 11.6 Å². The Bertz CT molecular complexity index is 513. The van der Waals surface area contributed by atoms with Crippen LogP contribution in [-0.2, 0) is 13.1 Å². The Morgan fingerprint density at radius 3 is 2.75 bits per heavy atom. The van der Waals surface area contributed by atoms with Gasteiger partial charge in [-0.25, -0.2) is 4.39 Å². The van der Waals surface area contributed by atoms with Crippen molar-refractivity contribution in [2.24, 2.45) is 0 Å². The molecule has 2 aromatic rings. The lowest BCUT2D eigenvalue weighted by Gasteiger charge is -2.23. The first-order valence-corrected chi connectivity index (χ1v) is 6.84. The number of hydrogen-bond donors (Lipinski definition) is 1. The lowest BCUT2D eigenvalue weighted by atomic mass is 10.2. The van der Waals surface area contributed by atoms with E-state index >= 15 is 0 Å². The molecule has 1 atom stereocenters. The van der Waals surface area contributed by atoms with Gasteiger partial charge in [0.25, 0.3) is 0 Å². The molecule has 0 radical (unpaired) electrons. The van der Waals surface area contributed by atoms with Crippen molar-refractivity contribution < 1.29 is 13.9 Å². The molecule has 0 saturated heterocycles. The minimum Gasteiger partial charge on any atom is -0.468 e. The Hall–Kier alpha value is -1.65. The average molecular weight is 277 g/mol. The fourth-order valence-corrected chi connectivity index (χ4v) is 2.13. The number of aliphatic hydroxyl groups is 1. The minimum absolute atomic E-state index is 0.239. The van der Waals surface area contributed by atoms with E-state index in [-0.39, 0.29) is 5.82 Å². The highest BCUT2D eigenvalue weighted by atomic mass is 19.1. The van der Waals surface area contributed by atoms with Crippen LogP contribution in [-0.4, -0.2) is 22.7 Å². The second-order valence-corrected chi connectivity index (χ2v) is 4.94. The molecule has 1 unspecified atom stereocenters. The molecule has 108 valence electrons. The molecule has 0 spiro atoms. The highest BCUT2D eigenvalue weighted by Crippen LogP contribution is 2.13.